The van der Waals surface area contributed by atoms with Crippen LogP contribution in [0.3, 0.4) is 0 Å². The molecule has 1 saturated heterocycles. The molecule has 1 unspecified atom stereocenters. The van der Waals surface area contributed by atoms with Gasteiger partial charge in [0.2, 0.25) is 11.8 Å². The van der Waals surface area contributed by atoms with Gasteiger partial charge in [-0.05, 0) is 29.5 Å². The third kappa shape index (κ3) is 3.97. The van der Waals surface area contributed by atoms with Crippen molar-refractivity contribution in [2.75, 3.05) is 24.1 Å². The third-order valence-electron chi connectivity index (χ3n) is 3.94. The summed E-state index contributed by atoms with van der Waals surface area (Å²) < 4.78 is 0. The quantitative estimate of drug-likeness (QED) is 0.837. The molecule has 114 valence electrons. The summed E-state index contributed by atoms with van der Waals surface area (Å²) >= 11 is 0. The van der Waals surface area contributed by atoms with Crippen LogP contribution in [0, 0.1) is 11.3 Å². The summed E-state index contributed by atoms with van der Waals surface area (Å²) in [6, 6.07) is 7.01. The van der Waals surface area contributed by atoms with Gasteiger partial charge in [-0.2, -0.15) is 0 Å². The Kier molecular flexibility index (Phi) is 4.21. The minimum Gasteiger partial charge on any atom is -0.399 e. The van der Waals surface area contributed by atoms with Crippen molar-refractivity contribution >= 4 is 23.2 Å². The molecule has 0 saturated carbocycles. The molecule has 2 amide bonds. The van der Waals surface area contributed by atoms with Gasteiger partial charge < -0.3 is 16.0 Å². The maximum Gasteiger partial charge on any atom is 0.243 e. The summed E-state index contributed by atoms with van der Waals surface area (Å²) in [4.78, 5) is 25.7. The number of rotatable bonds is 3. The Hall–Kier alpha value is -2.04. The second-order valence-corrected chi connectivity index (χ2v) is 6.71. The van der Waals surface area contributed by atoms with Crippen molar-refractivity contribution in [1.29, 1.82) is 0 Å². The average Bonchev–Trinajstić information content (AvgIpc) is 2.70. The van der Waals surface area contributed by atoms with Crippen LogP contribution in [0.15, 0.2) is 24.3 Å². The summed E-state index contributed by atoms with van der Waals surface area (Å²) in [6.45, 7) is 7.12. The lowest BCUT2D eigenvalue weighted by molar-refractivity contribution is -0.131. The van der Waals surface area contributed by atoms with Crippen molar-refractivity contribution in [2.45, 2.75) is 27.2 Å². The van der Waals surface area contributed by atoms with Crippen molar-refractivity contribution in [2.24, 2.45) is 11.3 Å². The molecule has 1 aromatic rings. The number of likely N-dealkylation sites (tertiary alicyclic amines) is 1. The predicted octanol–water partition coefficient (Wildman–Crippen LogP) is 2.10. The number of nitrogens with one attached hydrogen (secondary N) is 1. The largest absolute Gasteiger partial charge is 0.399 e. The number of hydrogen-bond donors (Lipinski definition) is 2. The molecule has 5 nitrogen and oxygen atoms in total. The van der Waals surface area contributed by atoms with E-state index in [1.807, 2.05) is 0 Å². The fraction of sp³-hybridized carbons (Fsp3) is 0.500. The zero-order chi connectivity index (χ0) is 15.6. The smallest absolute Gasteiger partial charge is 0.243 e. The topological polar surface area (TPSA) is 75.4 Å². The van der Waals surface area contributed by atoms with E-state index in [9.17, 15) is 9.59 Å². The molecule has 1 aliphatic rings. The summed E-state index contributed by atoms with van der Waals surface area (Å²) in [5.41, 5.74) is 7.00. The number of hydrogen-bond acceptors (Lipinski definition) is 3. The highest BCUT2D eigenvalue weighted by Gasteiger charge is 2.37. The molecule has 1 aliphatic heterocycles. The van der Waals surface area contributed by atoms with Gasteiger partial charge in [0.05, 0.1) is 6.54 Å². The number of amides is 2. The highest BCUT2D eigenvalue weighted by atomic mass is 16.2. The highest BCUT2D eigenvalue weighted by Crippen LogP contribution is 2.34. The van der Waals surface area contributed by atoms with Crippen LogP contribution in [-0.2, 0) is 9.59 Å². The van der Waals surface area contributed by atoms with Gasteiger partial charge >= 0.3 is 0 Å². The van der Waals surface area contributed by atoms with E-state index in [2.05, 4.69) is 26.1 Å². The Labute approximate surface area is 125 Å². The second kappa shape index (κ2) is 5.76. The first-order valence-electron chi connectivity index (χ1n) is 7.19. The molecular formula is C16H23N3O2. The molecule has 1 heterocycles. The van der Waals surface area contributed by atoms with Crippen LogP contribution >= 0.6 is 0 Å². The fourth-order valence-corrected chi connectivity index (χ4v) is 2.50. The van der Waals surface area contributed by atoms with Gasteiger partial charge in [0, 0.05) is 24.3 Å². The number of carbonyl (C=O) groups excluding carboxylic acids is 2. The summed E-state index contributed by atoms with van der Waals surface area (Å²) in [5, 5.41) is 2.77. The van der Waals surface area contributed by atoms with Crippen LogP contribution in [0.5, 0.6) is 0 Å². The van der Waals surface area contributed by atoms with Gasteiger partial charge in [-0.25, -0.2) is 0 Å². The first kappa shape index (κ1) is 15.4. The first-order chi connectivity index (χ1) is 9.75. The Bertz CT molecular complexity index is 549. The maximum atomic E-state index is 12.0. The Morgan fingerprint density at radius 2 is 2.14 bits per heavy atom. The Morgan fingerprint density at radius 3 is 2.71 bits per heavy atom. The first-order valence-corrected chi connectivity index (χ1v) is 7.19. The van der Waals surface area contributed by atoms with Crippen LogP contribution in [0.2, 0.25) is 0 Å². The summed E-state index contributed by atoms with van der Waals surface area (Å²) in [7, 11) is 0. The predicted molar refractivity (Wildman–Crippen MR) is 83.6 cm³/mol. The van der Waals surface area contributed by atoms with E-state index >= 15 is 0 Å². The normalized spacial score (nSPS) is 18.9. The van der Waals surface area contributed by atoms with Crippen molar-refractivity contribution in [3.8, 4) is 0 Å². The van der Waals surface area contributed by atoms with Crippen LogP contribution in [-0.4, -0.2) is 29.8 Å². The molecule has 3 N–H and O–H groups in total. The minimum atomic E-state index is -0.191. The maximum absolute atomic E-state index is 12.0. The van der Waals surface area contributed by atoms with Gasteiger partial charge in [0.1, 0.15) is 0 Å². The zero-order valence-electron chi connectivity index (χ0n) is 12.8. The molecule has 1 atom stereocenters. The van der Waals surface area contributed by atoms with E-state index in [-0.39, 0.29) is 23.8 Å². The minimum absolute atomic E-state index is 0.0534. The number of nitrogens with zero attached hydrogens (tertiary/aromatic N) is 1. The fourth-order valence-electron chi connectivity index (χ4n) is 2.50. The summed E-state index contributed by atoms with van der Waals surface area (Å²) in [6.07, 6.45) is 0.523. The lowest BCUT2D eigenvalue weighted by Gasteiger charge is -2.26. The van der Waals surface area contributed by atoms with Crippen molar-refractivity contribution < 1.29 is 9.59 Å². The highest BCUT2D eigenvalue weighted by molar-refractivity contribution is 5.95. The lowest BCUT2D eigenvalue weighted by atomic mass is 9.80. The Morgan fingerprint density at radius 1 is 1.43 bits per heavy atom. The monoisotopic (exact) mass is 289 g/mol. The third-order valence-corrected chi connectivity index (χ3v) is 3.94. The molecule has 0 bridgehead atoms. The summed E-state index contributed by atoms with van der Waals surface area (Å²) in [5.74, 6) is 0.159. The number of nitrogens with two attached hydrogens (primary N) is 1. The van der Waals surface area contributed by atoms with Crippen LogP contribution in [0.25, 0.3) is 0 Å². The van der Waals surface area contributed by atoms with Crippen LogP contribution in [0.1, 0.15) is 27.2 Å². The van der Waals surface area contributed by atoms with Gasteiger partial charge in [0.15, 0.2) is 0 Å². The van der Waals surface area contributed by atoms with E-state index in [0.29, 0.717) is 30.3 Å². The van der Waals surface area contributed by atoms with Crippen molar-refractivity contribution in [3.63, 3.8) is 0 Å². The van der Waals surface area contributed by atoms with Crippen molar-refractivity contribution in [1.82, 2.24) is 4.90 Å². The van der Waals surface area contributed by atoms with Gasteiger partial charge in [0.25, 0.3) is 0 Å². The number of anilines is 2. The Balaban J connectivity index is 1.93. The SMILES string of the molecule is CC(C)(C)C1CC(=O)N(CC(=O)Nc2cccc(N)c2)C1. The van der Waals surface area contributed by atoms with E-state index in [0.717, 1.165) is 0 Å². The van der Waals surface area contributed by atoms with E-state index in [1.54, 1.807) is 29.2 Å². The molecule has 1 fully saturated rings. The molecule has 2 rings (SSSR count). The van der Waals surface area contributed by atoms with Gasteiger partial charge in [-0.1, -0.05) is 26.8 Å². The molecule has 0 radical (unpaired) electrons. The molecule has 5 heteroatoms. The van der Waals surface area contributed by atoms with Gasteiger partial charge in [-0.15, -0.1) is 0 Å². The van der Waals surface area contributed by atoms with Crippen molar-refractivity contribution in [3.05, 3.63) is 24.3 Å². The second-order valence-electron chi connectivity index (χ2n) is 6.71. The molecule has 0 aromatic heterocycles. The standard InChI is InChI=1S/C16H23N3O2/c1-16(2,3)11-7-15(21)19(9-11)10-14(20)18-13-6-4-5-12(17)8-13/h4-6,8,11H,7,9-10,17H2,1-3H3,(H,18,20). The lowest BCUT2D eigenvalue weighted by Crippen LogP contribution is -2.35. The molecule has 1 aromatic carbocycles. The van der Waals surface area contributed by atoms with E-state index in [1.165, 1.54) is 0 Å². The number of benzene rings is 1. The molecule has 0 aliphatic carbocycles. The van der Waals surface area contributed by atoms with E-state index < -0.39 is 0 Å². The van der Waals surface area contributed by atoms with Crippen LogP contribution < -0.4 is 11.1 Å². The molecule has 0 spiro atoms. The number of nitrogen functional groups attached to an aromatic ring is 1. The van der Waals surface area contributed by atoms with E-state index in [4.69, 9.17) is 5.73 Å². The zero-order valence-corrected chi connectivity index (χ0v) is 12.8. The molecular weight excluding hydrogens is 266 g/mol. The average molecular weight is 289 g/mol. The van der Waals surface area contributed by atoms with Crippen LogP contribution in [0.4, 0.5) is 11.4 Å². The number of carbonyl (C=O) groups is 2. The van der Waals surface area contributed by atoms with Gasteiger partial charge in [-0.3, -0.25) is 9.59 Å². The molecule has 21 heavy (non-hydrogen) atoms.